The smallest absolute Gasteiger partial charge is 0.00683 e. The highest BCUT2D eigenvalue weighted by atomic mass is 32.2. The van der Waals surface area contributed by atoms with Gasteiger partial charge in [0.1, 0.15) is 0 Å². The minimum absolute atomic E-state index is 0.806. The normalized spacial score (nSPS) is 16.5. The minimum atomic E-state index is 0.806. The Balaban J connectivity index is 1.74. The molecule has 1 unspecified atom stereocenters. The molecular weight excluding hydrogens is 250 g/mol. The van der Waals surface area contributed by atoms with E-state index in [1.54, 1.807) is 0 Å². The highest BCUT2D eigenvalue weighted by molar-refractivity contribution is 7.99. The average Bonchev–Trinajstić information content (AvgIpc) is 3.26. The largest absolute Gasteiger partial charge is 0.314 e. The fourth-order valence-corrected chi connectivity index (χ4v) is 3.12. The van der Waals surface area contributed by atoms with Crippen LogP contribution < -0.4 is 5.32 Å². The van der Waals surface area contributed by atoms with Crippen LogP contribution in [0.25, 0.3) is 0 Å². The molecule has 1 fully saturated rings. The van der Waals surface area contributed by atoms with Crippen molar-refractivity contribution in [1.29, 1.82) is 0 Å². The molecule has 1 N–H and O–H groups in total. The summed E-state index contributed by atoms with van der Waals surface area (Å²) in [5.74, 6) is 3.38. The second-order valence-electron chi connectivity index (χ2n) is 5.58. The molecule has 0 saturated heterocycles. The van der Waals surface area contributed by atoms with Crippen molar-refractivity contribution in [3.05, 3.63) is 35.9 Å². The van der Waals surface area contributed by atoms with Crippen molar-refractivity contribution in [3.63, 3.8) is 0 Å². The first-order valence-corrected chi connectivity index (χ1v) is 8.89. The van der Waals surface area contributed by atoms with Crippen LogP contribution in [0.1, 0.15) is 38.2 Å². The van der Waals surface area contributed by atoms with Crippen LogP contribution in [-0.4, -0.2) is 24.1 Å². The summed E-state index contributed by atoms with van der Waals surface area (Å²) >= 11 is 2.07. The van der Waals surface area contributed by atoms with Crippen molar-refractivity contribution < 1.29 is 0 Å². The second kappa shape index (κ2) is 8.65. The van der Waals surface area contributed by atoms with E-state index < -0.39 is 0 Å². The fourth-order valence-electron chi connectivity index (χ4n) is 2.46. The number of thioether (sulfide) groups is 1. The van der Waals surface area contributed by atoms with Crippen LogP contribution in [-0.2, 0) is 6.42 Å². The monoisotopic (exact) mass is 277 g/mol. The lowest BCUT2D eigenvalue weighted by Gasteiger charge is -2.17. The number of hydrogen-bond acceptors (Lipinski definition) is 2. The van der Waals surface area contributed by atoms with Crippen molar-refractivity contribution in [2.45, 2.75) is 45.1 Å². The molecule has 106 valence electrons. The van der Waals surface area contributed by atoms with Gasteiger partial charge in [-0.1, -0.05) is 37.3 Å². The van der Waals surface area contributed by atoms with Gasteiger partial charge in [-0.05, 0) is 61.6 Å². The Morgan fingerprint density at radius 2 is 2.05 bits per heavy atom. The maximum Gasteiger partial charge on any atom is 0.00683 e. The Hall–Kier alpha value is -0.470. The van der Waals surface area contributed by atoms with Gasteiger partial charge in [-0.2, -0.15) is 11.8 Å². The lowest BCUT2D eigenvalue weighted by Crippen LogP contribution is -2.26. The van der Waals surface area contributed by atoms with E-state index in [1.807, 2.05) is 0 Å². The molecule has 2 heteroatoms. The van der Waals surface area contributed by atoms with Gasteiger partial charge in [0.15, 0.2) is 0 Å². The van der Waals surface area contributed by atoms with Gasteiger partial charge < -0.3 is 5.32 Å². The van der Waals surface area contributed by atoms with E-state index in [9.17, 15) is 0 Å². The average molecular weight is 277 g/mol. The highest BCUT2D eigenvalue weighted by Crippen LogP contribution is 2.21. The Bertz CT molecular complexity index is 334. The predicted octanol–water partition coefficient (Wildman–Crippen LogP) is 4.13. The van der Waals surface area contributed by atoms with Crippen LogP contribution in [0, 0.1) is 5.92 Å². The van der Waals surface area contributed by atoms with E-state index in [0.717, 1.165) is 12.0 Å². The third-order valence-electron chi connectivity index (χ3n) is 3.74. The number of hydrogen-bond donors (Lipinski definition) is 1. The van der Waals surface area contributed by atoms with Crippen molar-refractivity contribution >= 4 is 11.8 Å². The summed E-state index contributed by atoms with van der Waals surface area (Å²) in [4.78, 5) is 0. The number of benzene rings is 1. The lowest BCUT2D eigenvalue weighted by atomic mass is 9.95. The topological polar surface area (TPSA) is 12.0 Å². The minimum Gasteiger partial charge on any atom is -0.314 e. The second-order valence-corrected chi connectivity index (χ2v) is 6.97. The molecule has 1 aliphatic carbocycles. The zero-order chi connectivity index (χ0) is 13.3. The molecule has 0 bridgehead atoms. The van der Waals surface area contributed by atoms with Gasteiger partial charge in [0.2, 0.25) is 0 Å². The van der Waals surface area contributed by atoms with E-state index in [2.05, 4.69) is 54.3 Å². The molecule has 1 aliphatic rings. The number of rotatable bonds is 10. The van der Waals surface area contributed by atoms with Crippen LogP contribution in [0.4, 0.5) is 0 Å². The summed E-state index contributed by atoms with van der Waals surface area (Å²) in [6.07, 6.45) is 6.74. The van der Waals surface area contributed by atoms with Gasteiger partial charge in [-0.25, -0.2) is 0 Å². The van der Waals surface area contributed by atoms with E-state index in [0.29, 0.717) is 0 Å². The molecule has 1 atom stereocenters. The van der Waals surface area contributed by atoms with Crippen LogP contribution in [0.5, 0.6) is 0 Å². The quantitative estimate of drug-likeness (QED) is 0.645. The molecular formula is C17H27NS. The van der Waals surface area contributed by atoms with Gasteiger partial charge in [0.05, 0.1) is 0 Å². The van der Waals surface area contributed by atoms with E-state index in [4.69, 9.17) is 0 Å². The van der Waals surface area contributed by atoms with Gasteiger partial charge in [0, 0.05) is 6.04 Å². The molecule has 0 amide bonds. The predicted molar refractivity (Wildman–Crippen MR) is 86.9 cm³/mol. The maximum atomic E-state index is 3.71. The van der Waals surface area contributed by atoms with Crippen molar-refractivity contribution in [2.24, 2.45) is 5.92 Å². The summed E-state index contributed by atoms with van der Waals surface area (Å²) in [6.45, 7) is 3.46. The standard InChI is InChI=1S/C17H27NS/c1-2-19-12-6-9-16(14-18-17-10-11-17)13-15-7-4-3-5-8-15/h3-5,7-8,16-18H,2,6,9-14H2,1H3. The van der Waals surface area contributed by atoms with Crippen molar-refractivity contribution in [3.8, 4) is 0 Å². The molecule has 19 heavy (non-hydrogen) atoms. The van der Waals surface area contributed by atoms with Crippen molar-refractivity contribution in [2.75, 3.05) is 18.1 Å². The van der Waals surface area contributed by atoms with Gasteiger partial charge in [-0.15, -0.1) is 0 Å². The van der Waals surface area contributed by atoms with Gasteiger partial charge >= 0.3 is 0 Å². The summed E-state index contributed by atoms with van der Waals surface area (Å²) in [5.41, 5.74) is 1.49. The fraction of sp³-hybridized carbons (Fsp3) is 0.647. The maximum absolute atomic E-state index is 3.71. The zero-order valence-electron chi connectivity index (χ0n) is 12.1. The molecule has 2 rings (SSSR count). The summed E-state index contributed by atoms with van der Waals surface area (Å²) in [5, 5.41) is 3.71. The van der Waals surface area contributed by atoms with Crippen LogP contribution >= 0.6 is 11.8 Å². The van der Waals surface area contributed by atoms with Gasteiger partial charge in [-0.3, -0.25) is 0 Å². The third-order valence-corrected chi connectivity index (χ3v) is 4.73. The summed E-state index contributed by atoms with van der Waals surface area (Å²) in [7, 11) is 0. The molecule has 0 heterocycles. The lowest BCUT2D eigenvalue weighted by molar-refractivity contribution is 0.438. The Labute approximate surface area is 122 Å². The summed E-state index contributed by atoms with van der Waals surface area (Å²) < 4.78 is 0. The Kier molecular flexibility index (Phi) is 6.80. The summed E-state index contributed by atoms with van der Waals surface area (Å²) in [6, 6.07) is 11.8. The third kappa shape index (κ3) is 6.49. The molecule has 1 nitrogen and oxygen atoms in total. The first-order valence-electron chi connectivity index (χ1n) is 7.73. The van der Waals surface area contributed by atoms with Crippen molar-refractivity contribution in [1.82, 2.24) is 5.32 Å². The molecule has 0 aromatic heterocycles. The SMILES string of the molecule is CCSCCCC(CNC1CC1)Cc1ccccc1. The van der Waals surface area contributed by atoms with Crippen LogP contribution in [0.15, 0.2) is 30.3 Å². The van der Waals surface area contributed by atoms with E-state index in [1.165, 1.54) is 55.7 Å². The molecule has 1 aromatic rings. The van der Waals surface area contributed by atoms with Crippen LogP contribution in [0.2, 0.25) is 0 Å². The Morgan fingerprint density at radius 3 is 2.74 bits per heavy atom. The molecule has 1 aromatic carbocycles. The van der Waals surface area contributed by atoms with Crippen LogP contribution in [0.3, 0.4) is 0 Å². The first kappa shape index (κ1) is 14.9. The first-order chi connectivity index (χ1) is 9.38. The highest BCUT2D eigenvalue weighted by Gasteiger charge is 2.21. The van der Waals surface area contributed by atoms with Gasteiger partial charge in [0.25, 0.3) is 0 Å². The zero-order valence-corrected chi connectivity index (χ0v) is 12.9. The molecule has 0 radical (unpaired) electrons. The number of nitrogens with one attached hydrogen (secondary N) is 1. The molecule has 1 saturated carbocycles. The molecule has 0 spiro atoms. The van der Waals surface area contributed by atoms with E-state index in [-0.39, 0.29) is 0 Å². The molecule has 0 aliphatic heterocycles. The Morgan fingerprint density at radius 1 is 1.26 bits per heavy atom. The van der Waals surface area contributed by atoms with E-state index >= 15 is 0 Å².